The van der Waals surface area contributed by atoms with Gasteiger partial charge in [-0.05, 0) is 61.1 Å². The fraction of sp³-hybridized carbons (Fsp3) is 0.500. The number of nitrogens with zero attached hydrogens (tertiary/aromatic N) is 3. The second-order valence-electron chi connectivity index (χ2n) is 9.73. The Morgan fingerprint density at radius 3 is 2.12 bits per heavy atom. The van der Waals surface area contributed by atoms with Crippen molar-refractivity contribution in [1.29, 1.82) is 0 Å². The number of benzene rings is 2. The molecule has 0 unspecified atom stereocenters. The largest absolute Gasteiger partial charge is 0.337 e. The van der Waals surface area contributed by atoms with Gasteiger partial charge in [-0.1, -0.05) is 71.9 Å². The predicted octanol–water partition coefficient (Wildman–Crippen LogP) is 6.10. The lowest BCUT2D eigenvalue weighted by atomic mass is 9.86. The highest BCUT2D eigenvalue weighted by atomic mass is 32.2. The number of hydrogen-bond acceptors (Lipinski definition) is 5. The van der Waals surface area contributed by atoms with Crippen LogP contribution in [0, 0.1) is 0 Å². The minimum atomic E-state index is -3.57. The van der Waals surface area contributed by atoms with E-state index in [-0.39, 0.29) is 11.4 Å². The zero-order valence-electron chi connectivity index (χ0n) is 25.0. The fourth-order valence-electron chi connectivity index (χ4n) is 5.26. The molecule has 3 heterocycles. The molecule has 3 fully saturated rings. The van der Waals surface area contributed by atoms with Gasteiger partial charge in [-0.15, -0.1) is 0 Å². The topological polar surface area (TPSA) is 82.6 Å². The summed E-state index contributed by atoms with van der Waals surface area (Å²) in [7, 11) is -3.57. The zero-order valence-corrected chi connectivity index (χ0v) is 25.8. The van der Waals surface area contributed by atoms with Crippen molar-refractivity contribution in [3.05, 3.63) is 60.8 Å². The van der Waals surface area contributed by atoms with Crippen LogP contribution in [0.25, 0.3) is 22.0 Å². The number of sulfonamides is 1. The molecule has 1 aromatic heterocycles. The summed E-state index contributed by atoms with van der Waals surface area (Å²) in [6.07, 6.45) is 5.38. The van der Waals surface area contributed by atoms with Gasteiger partial charge in [-0.2, -0.15) is 4.31 Å². The molecule has 1 amide bonds. The van der Waals surface area contributed by atoms with Crippen LogP contribution in [-0.4, -0.2) is 66.3 Å². The summed E-state index contributed by atoms with van der Waals surface area (Å²) in [6.45, 7) is 14.0. The first-order chi connectivity index (χ1) is 19.4. The smallest absolute Gasteiger partial charge is 0.243 e. The van der Waals surface area contributed by atoms with E-state index >= 15 is 0 Å². The lowest BCUT2D eigenvalue weighted by Crippen LogP contribution is -2.66. The van der Waals surface area contributed by atoms with E-state index in [0.29, 0.717) is 50.0 Å². The van der Waals surface area contributed by atoms with E-state index in [0.717, 1.165) is 34.9 Å². The Hall–Kier alpha value is -2.81. The van der Waals surface area contributed by atoms with Crippen molar-refractivity contribution in [2.24, 2.45) is 0 Å². The molecule has 0 atom stereocenters. The Morgan fingerprint density at radius 2 is 1.50 bits per heavy atom. The number of hydrogen-bond donors (Lipinski definition) is 1. The Balaban J connectivity index is 0.000000691. The molecule has 1 saturated carbocycles. The molecule has 218 valence electrons. The Kier molecular flexibility index (Phi) is 11.3. The highest BCUT2D eigenvalue weighted by molar-refractivity contribution is 7.89. The van der Waals surface area contributed by atoms with Gasteiger partial charge < -0.3 is 10.2 Å². The second-order valence-corrected chi connectivity index (χ2v) is 11.7. The van der Waals surface area contributed by atoms with E-state index in [1.165, 1.54) is 0 Å². The molecule has 1 aliphatic carbocycles. The summed E-state index contributed by atoms with van der Waals surface area (Å²) in [4.78, 5) is 19.0. The number of piperidine rings is 1. The lowest BCUT2D eigenvalue weighted by Gasteiger charge is -2.47. The average Bonchev–Trinajstić information content (AvgIpc) is 3.87. The summed E-state index contributed by atoms with van der Waals surface area (Å²) < 4.78 is 28.3. The number of pyridine rings is 1. The van der Waals surface area contributed by atoms with Crippen LogP contribution in [0.5, 0.6) is 0 Å². The van der Waals surface area contributed by atoms with Crippen LogP contribution < -0.4 is 5.32 Å². The number of nitrogens with one attached hydrogen (secondary N) is 1. The molecule has 6 rings (SSSR count). The molecule has 7 nitrogen and oxygen atoms in total. The molecule has 40 heavy (non-hydrogen) atoms. The number of piperazine rings is 1. The number of fused-ring (bicyclic) bond motifs is 1. The molecule has 1 N–H and O–H groups in total. The number of amides is 1. The van der Waals surface area contributed by atoms with Crippen molar-refractivity contribution in [3.63, 3.8) is 0 Å². The van der Waals surface area contributed by atoms with Gasteiger partial charge in [-0.25, -0.2) is 8.42 Å². The number of carbonyl (C=O) groups is 1. The minimum Gasteiger partial charge on any atom is -0.337 e. The van der Waals surface area contributed by atoms with Gasteiger partial charge in [0.15, 0.2) is 0 Å². The third kappa shape index (κ3) is 6.90. The summed E-state index contributed by atoms with van der Waals surface area (Å²) in [5.74, 6) is 0.172. The van der Waals surface area contributed by atoms with E-state index in [2.05, 4.69) is 10.3 Å². The van der Waals surface area contributed by atoms with Crippen LogP contribution in [0.3, 0.4) is 0 Å². The number of aromatic nitrogens is 1. The van der Waals surface area contributed by atoms with Crippen LogP contribution in [0.2, 0.25) is 0 Å². The molecular weight excluding hydrogens is 520 g/mol. The van der Waals surface area contributed by atoms with Crippen molar-refractivity contribution in [2.45, 2.75) is 83.7 Å². The Morgan fingerprint density at radius 1 is 0.875 bits per heavy atom. The first kappa shape index (κ1) is 31.7. The van der Waals surface area contributed by atoms with E-state index < -0.39 is 10.0 Å². The maximum Gasteiger partial charge on any atom is 0.243 e. The molecule has 0 bridgehead atoms. The third-order valence-electron chi connectivity index (χ3n) is 7.51. The van der Waals surface area contributed by atoms with E-state index in [4.69, 9.17) is 0 Å². The molecule has 2 aliphatic heterocycles. The van der Waals surface area contributed by atoms with Gasteiger partial charge in [-0.3, -0.25) is 9.78 Å². The highest BCUT2D eigenvalue weighted by Crippen LogP contribution is 2.35. The first-order valence-corrected chi connectivity index (χ1v) is 16.4. The standard InChI is InChI=1S/C26H28N4O3S.3C2H6/c31-25-17-28-26(18-30(25)22-7-8-22)11-14-29(15-12-26)34(32,33)23-9-5-19(6-10-23)21-4-3-20-2-1-13-27-24(20)16-21;3*1-2/h1-6,9-10,13,16,22,28H,7-8,11-12,14-15,17-18H2;3*1-2H3. The molecule has 3 aliphatic rings. The molecule has 3 aromatic rings. The highest BCUT2D eigenvalue weighted by Gasteiger charge is 2.46. The van der Waals surface area contributed by atoms with Gasteiger partial charge in [0, 0.05) is 42.8 Å². The van der Waals surface area contributed by atoms with Gasteiger partial charge >= 0.3 is 0 Å². The zero-order chi connectivity index (χ0) is 29.3. The monoisotopic (exact) mass is 566 g/mol. The van der Waals surface area contributed by atoms with E-state index in [1.807, 2.05) is 88.9 Å². The third-order valence-corrected chi connectivity index (χ3v) is 9.42. The summed E-state index contributed by atoms with van der Waals surface area (Å²) in [5.41, 5.74) is 2.71. The number of carbonyl (C=O) groups excluding carboxylic acids is 1. The normalized spacial score (nSPS) is 18.6. The fourth-order valence-corrected chi connectivity index (χ4v) is 6.70. The van der Waals surface area contributed by atoms with Crippen LogP contribution in [0.15, 0.2) is 65.7 Å². The molecule has 2 saturated heterocycles. The summed E-state index contributed by atoms with van der Waals surface area (Å²) >= 11 is 0. The first-order valence-electron chi connectivity index (χ1n) is 14.9. The molecule has 0 radical (unpaired) electrons. The quantitative estimate of drug-likeness (QED) is 0.413. The van der Waals surface area contributed by atoms with Crippen LogP contribution in [-0.2, 0) is 14.8 Å². The SMILES string of the molecule is CC.CC.CC.O=C1CNC2(CCN(S(=O)(=O)c3ccc(-c4ccc5cccnc5c4)cc3)CC2)CN1C1CC1. The van der Waals surface area contributed by atoms with Gasteiger partial charge in [0.1, 0.15) is 0 Å². The Labute approximate surface area is 241 Å². The number of rotatable bonds is 4. The van der Waals surface area contributed by atoms with E-state index in [1.54, 1.807) is 22.6 Å². The van der Waals surface area contributed by atoms with Crippen molar-refractivity contribution < 1.29 is 13.2 Å². The van der Waals surface area contributed by atoms with Crippen LogP contribution in [0.1, 0.15) is 67.2 Å². The molecule has 2 aromatic carbocycles. The van der Waals surface area contributed by atoms with Gasteiger partial charge in [0.25, 0.3) is 0 Å². The predicted molar refractivity (Wildman–Crippen MR) is 165 cm³/mol. The minimum absolute atomic E-state index is 0.170. The van der Waals surface area contributed by atoms with Crippen molar-refractivity contribution in [3.8, 4) is 11.1 Å². The second kappa shape index (κ2) is 14.2. The summed E-state index contributed by atoms with van der Waals surface area (Å²) in [6, 6.07) is 17.5. The lowest BCUT2D eigenvalue weighted by molar-refractivity contribution is -0.136. The van der Waals surface area contributed by atoms with Gasteiger partial charge in [0.2, 0.25) is 15.9 Å². The van der Waals surface area contributed by atoms with Crippen molar-refractivity contribution >= 4 is 26.8 Å². The van der Waals surface area contributed by atoms with Crippen molar-refractivity contribution in [2.75, 3.05) is 26.2 Å². The average molecular weight is 567 g/mol. The van der Waals surface area contributed by atoms with Crippen molar-refractivity contribution in [1.82, 2.24) is 19.5 Å². The maximum atomic E-state index is 13.3. The van der Waals surface area contributed by atoms with Gasteiger partial charge in [0.05, 0.1) is 17.0 Å². The summed E-state index contributed by atoms with van der Waals surface area (Å²) in [5, 5.41) is 4.50. The van der Waals surface area contributed by atoms with E-state index in [9.17, 15) is 13.2 Å². The maximum absolute atomic E-state index is 13.3. The van der Waals surface area contributed by atoms with Crippen LogP contribution >= 0.6 is 0 Å². The molecule has 1 spiro atoms. The Bertz CT molecular complexity index is 1350. The molecule has 8 heteroatoms. The van der Waals surface area contributed by atoms with Crippen LogP contribution in [0.4, 0.5) is 0 Å². The molecular formula is C32H46N4O3S.